The number of hydrogen-bond donors (Lipinski definition) is 0. The van der Waals surface area contributed by atoms with E-state index in [0.29, 0.717) is 30.8 Å². The Hall–Kier alpha value is 0.517. The van der Waals surface area contributed by atoms with Gasteiger partial charge < -0.3 is 31.7 Å². The van der Waals surface area contributed by atoms with Gasteiger partial charge in [-0.05, 0) is 51.5 Å². The second-order valence-electron chi connectivity index (χ2n) is 8.24. The van der Waals surface area contributed by atoms with E-state index in [0.717, 1.165) is 49.7 Å². The highest BCUT2D eigenvalue weighted by Crippen LogP contribution is 2.38. The molecule has 31 heavy (non-hydrogen) atoms. The summed E-state index contributed by atoms with van der Waals surface area (Å²) in [6.45, 7) is 8.74. The summed E-state index contributed by atoms with van der Waals surface area (Å²) in [5.74, 6) is 2.16. The van der Waals surface area contributed by atoms with Gasteiger partial charge in [0.1, 0.15) is 13.2 Å². The molecule has 0 spiro atoms. The molecular formula is C20H46NO7PSSi. The first kappa shape index (κ1) is 31.5. The van der Waals surface area contributed by atoms with Gasteiger partial charge in [0.15, 0.2) is 0 Å². The van der Waals surface area contributed by atoms with Crippen LogP contribution in [0.15, 0.2) is 0 Å². The van der Waals surface area contributed by atoms with Crippen molar-refractivity contribution >= 4 is 28.4 Å². The third-order valence-electron chi connectivity index (χ3n) is 4.31. The SMILES string of the molecule is CCO[Si](CCCSCCCCCCOP(=O)([O-])OCC[N+](C)(C)C)(OCC)OCC. The van der Waals surface area contributed by atoms with E-state index >= 15 is 0 Å². The molecule has 1 unspecified atom stereocenters. The van der Waals surface area contributed by atoms with Crippen LogP contribution < -0.4 is 4.89 Å². The summed E-state index contributed by atoms with van der Waals surface area (Å²) in [5, 5.41) is 0. The third-order valence-corrected chi connectivity index (χ3v) is 9.61. The van der Waals surface area contributed by atoms with Crippen molar-refractivity contribution in [3.05, 3.63) is 0 Å². The maximum Gasteiger partial charge on any atom is 0.500 e. The number of phosphoric ester groups is 1. The van der Waals surface area contributed by atoms with Gasteiger partial charge >= 0.3 is 8.80 Å². The molecule has 11 heteroatoms. The average molecular weight is 504 g/mol. The average Bonchev–Trinajstić information content (AvgIpc) is 2.65. The molecule has 0 aliphatic carbocycles. The van der Waals surface area contributed by atoms with Crippen LogP contribution in [0.3, 0.4) is 0 Å². The molecule has 0 aromatic heterocycles. The minimum Gasteiger partial charge on any atom is -0.756 e. The standard InChI is InChI=1S/C20H46NO7PSSi/c1-7-26-31(27-8-2,28-9-3)20-14-19-30-18-13-11-10-12-16-24-29(22,23)25-17-15-21(4,5)6/h7-20H2,1-6H3. The fraction of sp³-hybridized carbons (Fsp3) is 1.00. The van der Waals surface area contributed by atoms with Crippen LogP contribution in [0.2, 0.25) is 6.04 Å². The highest BCUT2D eigenvalue weighted by atomic mass is 32.2. The summed E-state index contributed by atoms with van der Waals surface area (Å²) >= 11 is 1.94. The van der Waals surface area contributed by atoms with Gasteiger partial charge in [0.25, 0.3) is 7.82 Å². The predicted molar refractivity (Wildman–Crippen MR) is 128 cm³/mol. The summed E-state index contributed by atoms with van der Waals surface area (Å²) < 4.78 is 39.8. The van der Waals surface area contributed by atoms with Gasteiger partial charge in [-0.3, -0.25) is 4.57 Å². The monoisotopic (exact) mass is 503 g/mol. The van der Waals surface area contributed by atoms with Gasteiger partial charge in [0.2, 0.25) is 0 Å². The van der Waals surface area contributed by atoms with Gasteiger partial charge in [-0.15, -0.1) is 0 Å². The highest BCUT2D eigenvalue weighted by Gasteiger charge is 2.39. The summed E-state index contributed by atoms with van der Waals surface area (Å²) in [5.41, 5.74) is 0. The Labute approximate surface area is 195 Å². The maximum atomic E-state index is 11.7. The first-order chi connectivity index (χ1) is 14.6. The fourth-order valence-corrected chi connectivity index (χ4v) is 7.36. The van der Waals surface area contributed by atoms with Gasteiger partial charge in [0.05, 0.1) is 27.7 Å². The van der Waals surface area contributed by atoms with E-state index in [1.165, 1.54) is 0 Å². The van der Waals surface area contributed by atoms with Crippen molar-refractivity contribution in [3.8, 4) is 0 Å². The first-order valence-corrected chi connectivity index (χ1v) is 16.0. The van der Waals surface area contributed by atoms with Crippen molar-refractivity contribution in [1.29, 1.82) is 0 Å². The molecule has 0 amide bonds. The minimum absolute atomic E-state index is 0.144. The lowest BCUT2D eigenvalue weighted by atomic mass is 10.2. The molecule has 0 rings (SSSR count). The highest BCUT2D eigenvalue weighted by molar-refractivity contribution is 7.99. The largest absolute Gasteiger partial charge is 0.756 e. The third kappa shape index (κ3) is 18.6. The molecule has 0 N–H and O–H groups in total. The molecule has 8 nitrogen and oxygen atoms in total. The van der Waals surface area contributed by atoms with Crippen LogP contribution in [0.25, 0.3) is 0 Å². The summed E-state index contributed by atoms with van der Waals surface area (Å²) in [4.78, 5) is 11.7. The van der Waals surface area contributed by atoms with Crippen LogP contribution in [-0.4, -0.2) is 85.5 Å². The Morgan fingerprint density at radius 2 is 1.32 bits per heavy atom. The van der Waals surface area contributed by atoms with Crippen molar-refractivity contribution in [2.45, 2.75) is 58.9 Å². The number of quaternary nitrogens is 1. The maximum absolute atomic E-state index is 11.7. The smallest absolute Gasteiger partial charge is 0.500 e. The molecular weight excluding hydrogens is 457 g/mol. The van der Waals surface area contributed by atoms with Crippen molar-refractivity contribution in [2.75, 3.05) is 72.2 Å². The molecule has 0 aliphatic rings. The Kier molecular flexibility index (Phi) is 18.2. The Morgan fingerprint density at radius 1 is 0.806 bits per heavy atom. The molecule has 0 heterocycles. The normalized spacial score (nSPS) is 14.7. The second kappa shape index (κ2) is 17.9. The summed E-state index contributed by atoms with van der Waals surface area (Å²) in [7, 11) is -0.734. The number of phosphoric acid groups is 1. The zero-order chi connectivity index (χ0) is 23.6. The zero-order valence-electron chi connectivity index (χ0n) is 20.6. The van der Waals surface area contributed by atoms with Crippen LogP contribution >= 0.6 is 19.6 Å². The molecule has 0 saturated carbocycles. The van der Waals surface area contributed by atoms with Crippen LogP contribution in [-0.2, 0) is 26.9 Å². The molecule has 0 fully saturated rings. The van der Waals surface area contributed by atoms with Gasteiger partial charge in [-0.2, -0.15) is 11.8 Å². The van der Waals surface area contributed by atoms with E-state index < -0.39 is 16.6 Å². The lowest BCUT2D eigenvalue weighted by Gasteiger charge is -2.28. The number of unbranched alkanes of at least 4 members (excludes halogenated alkanes) is 3. The van der Waals surface area contributed by atoms with Gasteiger partial charge in [0, 0.05) is 25.9 Å². The van der Waals surface area contributed by atoms with Crippen molar-refractivity contribution in [3.63, 3.8) is 0 Å². The van der Waals surface area contributed by atoms with Crippen LogP contribution in [0, 0.1) is 0 Å². The van der Waals surface area contributed by atoms with Crippen molar-refractivity contribution in [1.82, 2.24) is 0 Å². The van der Waals surface area contributed by atoms with E-state index in [9.17, 15) is 9.46 Å². The van der Waals surface area contributed by atoms with Crippen molar-refractivity contribution < 1.29 is 36.3 Å². The van der Waals surface area contributed by atoms with E-state index in [1.54, 1.807) is 0 Å². The topological polar surface area (TPSA) is 86.3 Å². The first-order valence-electron chi connectivity index (χ1n) is 11.5. The van der Waals surface area contributed by atoms with Crippen molar-refractivity contribution in [2.24, 2.45) is 0 Å². The number of hydrogen-bond acceptors (Lipinski definition) is 8. The molecule has 1 atom stereocenters. The van der Waals surface area contributed by atoms with Gasteiger partial charge in [-0.25, -0.2) is 0 Å². The Morgan fingerprint density at radius 3 is 1.87 bits per heavy atom. The Balaban J connectivity index is 3.73. The minimum atomic E-state index is -4.17. The van der Waals surface area contributed by atoms with E-state index in [2.05, 4.69) is 0 Å². The molecule has 0 aromatic rings. The quantitative estimate of drug-likeness (QED) is 0.0951. The molecule has 0 aliphatic heterocycles. The van der Waals surface area contributed by atoms with E-state index in [-0.39, 0.29) is 13.2 Å². The molecule has 0 saturated heterocycles. The number of rotatable bonds is 22. The predicted octanol–water partition coefficient (Wildman–Crippen LogP) is 3.93. The van der Waals surface area contributed by atoms with Crippen LogP contribution in [0.5, 0.6) is 0 Å². The molecule has 0 bridgehead atoms. The lowest BCUT2D eigenvalue weighted by molar-refractivity contribution is -0.870. The fourth-order valence-electron chi connectivity index (χ4n) is 2.79. The van der Waals surface area contributed by atoms with E-state index in [1.807, 2.05) is 53.7 Å². The number of likely N-dealkylation sites (N-methyl/N-ethyl adjacent to an activating group) is 1. The van der Waals surface area contributed by atoms with Gasteiger partial charge in [-0.1, -0.05) is 12.8 Å². The van der Waals surface area contributed by atoms with Crippen LogP contribution in [0.1, 0.15) is 52.9 Å². The molecule has 188 valence electrons. The van der Waals surface area contributed by atoms with E-state index in [4.69, 9.17) is 22.3 Å². The molecule has 0 radical (unpaired) electrons. The summed E-state index contributed by atoms with van der Waals surface area (Å²) in [6, 6.07) is 0.860. The van der Waals surface area contributed by atoms with Crippen LogP contribution in [0.4, 0.5) is 0 Å². The number of thioether (sulfide) groups is 1. The lowest BCUT2D eigenvalue weighted by Crippen LogP contribution is -2.46. The zero-order valence-corrected chi connectivity index (χ0v) is 23.3. The Bertz CT molecular complexity index is 466. The molecule has 0 aromatic carbocycles. The number of nitrogens with zero attached hydrogens (tertiary/aromatic N) is 1. The second-order valence-corrected chi connectivity index (χ2v) is 13.6. The summed E-state index contributed by atoms with van der Waals surface area (Å²) in [6.07, 6.45) is 4.88.